The largest absolute Gasteiger partial charge is 0.497 e. The number of carbonyl (C=O) groups excluding carboxylic acids is 1. The number of hydrogen-bond acceptors (Lipinski definition) is 6. The molecule has 0 N–H and O–H groups in total. The molecule has 1 heterocycles. The predicted octanol–water partition coefficient (Wildman–Crippen LogP) is 3.04. The van der Waals surface area contributed by atoms with E-state index in [0.717, 1.165) is 5.56 Å². The fraction of sp³-hybridized carbons (Fsp3) is 0.316. The van der Waals surface area contributed by atoms with Gasteiger partial charge in [0.15, 0.2) is 23.4 Å². The normalized spacial score (nSPS) is 18.4. The van der Waals surface area contributed by atoms with Crippen molar-refractivity contribution in [2.45, 2.75) is 12.2 Å². The summed E-state index contributed by atoms with van der Waals surface area (Å²) in [5.74, 6) is 2.20. The first kappa shape index (κ1) is 17.1. The number of carbonyl (C=O) groups is 1. The van der Waals surface area contributed by atoms with Gasteiger partial charge in [0.05, 0.1) is 34.0 Å². The van der Waals surface area contributed by atoms with E-state index in [9.17, 15) is 4.79 Å². The van der Waals surface area contributed by atoms with Crippen molar-refractivity contribution in [2.24, 2.45) is 0 Å². The molecule has 2 aromatic rings. The molecule has 0 spiro atoms. The third-order valence-corrected chi connectivity index (χ3v) is 4.16. The highest BCUT2D eigenvalue weighted by Gasteiger charge is 2.47. The van der Waals surface area contributed by atoms with Crippen LogP contribution in [0.5, 0.6) is 23.0 Å². The van der Waals surface area contributed by atoms with Gasteiger partial charge in [-0.1, -0.05) is 6.07 Å². The van der Waals surface area contributed by atoms with Crippen LogP contribution in [0.25, 0.3) is 0 Å². The zero-order valence-corrected chi connectivity index (χ0v) is 14.6. The molecule has 1 aliphatic heterocycles. The average Bonchev–Trinajstić information content (AvgIpc) is 3.47. The molecular weight excluding hydrogens is 324 g/mol. The van der Waals surface area contributed by atoms with Gasteiger partial charge in [-0.3, -0.25) is 4.79 Å². The summed E-state index contributed by atoms with van der Waals surface area (Å²) in [5.41, 5.74) is 1.33. The van der Waals surface area contributed by atoms with Gasteiger partial charge in [-0.15, -0.1) is 0 Å². The Morgan fingerprint density at radius 1 is 0.840 bits per heavy atom. The van der Waals surface area contributed by atoms with Crippen molar-refractivity contribution in [3.63, 3.8) is 0 Å². The number of ketones is 1. The number of ether oxygens (including phenoxy) is 5. The lowest BCUT2D eigenvalue weighted by atomic mass is 10.0. The van der Waals surface area contributed by atoms with Crippen molar-refractivity contribution < 1.29 is 28.5 Å². The molecule has 25 heavy (non-hydrogen) atoms. The Hall–Kier alpha value is -2.73. The molecule has 0 amide bonds. The third-order valence-electron chi connectivity index (χ3n) is 4.16. The van der Waals surface area contributed by atoms with Crippen LogP contribution in [0.3, 0.4) is 0 Å². The number of hydrogen-bond donors (Lipinski definition) is 0. The minimum absolute atomic E-state index is 0.126. The van der Waals surface area contributed by atoms with Crippen LogP contribution in [0.15, 0.2) is 36.4 Å². The highest BCUT2D eigenvalue weighted by molar-refractivity contribution is 6.03. The number of rotatable bonds is 7. The lowest BCUT2D eigenvalue weighted by Gasteiger charge is -2.09. The summed E-state index contributed by atoms with van der Waals surface area (Å²) in [5, 5.41) is 0. The van der Waals surface area contributed by atoms with Gasteiger partial charge in [0.2, 0.25) is 0 Å². The molecule has 132 valence electrons. The fourth-order valence-electron chi connectivity index (χ4n) is 2.75. The molecule has 2 aromatic carbocycles. The highest BCUT2D eigenvalue weighted by atomic mass is 16.6. The van der Waals surface area contributed by atoms with Crippen LogP contribution in [0.2, 0.25) is 0 Å². The molecule has 0 aromatic heterocycles. The fourth-order valence-corrected chi connectivity index (χ4v) is 2.75. The van der Waals surface area contributed by atoms with E-state index in [1.165, 1.54) is 7.11 Å². The molecule has 2 atom stereocenters. The van der Waals surface area contributed by atoms with Crippen molar-refractivity contribution in [1.82, 2.24) is 0 Å². The van der Waals surface area contributed by atoms with Crippen LogP contribution in [0, 0.1) is 0 Å². The highest BCUT2D eigenvalue weighted by Crippen LogP contribution is 2.44. The lowest BCUT2D eigenvalue weighted by molar-refractivity contribution is 0.0950. The molecular formula is C19H20O6. The maximum atomic E-state index is 12.7. The third kappa shape index (κ3) is 3.25. The van der Waals surface area contributed by atoms with E-state index in [2.05, 4.69) is 0 Å². The molecule has 0 bridgehead atoms. The van der Waals surface area contributed by atoms with Crippen molar-refractivity contribution in [3.05, 3.63) is 47.5 Å². The van der Waals surface area contributed by atoms with E-state index in [1.807, 2.05) is 12.1 Å². The van der Waals surface area contributed by atoms with E-state index >= 15 is 0 Å². The van der Waals surface area contributed by atoms with Crippen molar-refractivity contribution in [1.29, 1.82) is 0 Å². The molecule has 2 unspecified atom stereocenters. The minimum Gasteiger partial charge on any atom is -0.497 e. The molecule has 1 saturated heterocycles. The first-order valence-electron chi connectivity index (χ1n) is 7.76. The first-order chi connectivity index (χ1) is 12.1. The van der Waals surface area contributed by atoms with Crippen molar-refractivity contribution in [2.75, 3.05) is 28.4 Å². The van der Waals surface area contributed by atoms with Gasteiger partial charge in [-0.25, -0.2) is 0 Å². The second-order valence-electron chi connectivity index (χ2n) is 5.52. The predicted molar refractivity (Wildman–Crippen MR) is 91.0 cm³/mol. The summed E-state index contributed by atoms with van der Waals surface area (Å²) in [6.07, 6.45) is -0.848. The molecule has 0 saturated carbocycles. The Balaban J connectivity index is 1.81. The van der Waals surface area contributed by atoms with Crippen LogP contribution < -0.4 is 18.9 Å². The SMILES string of the molecule is COc1ccc(C(=O)C2OC2c2ccc(OC)c(OC)c2)c(OC)c1. The van der Waals surface area contributed by atoms with Crippen molar-refractivity contribution >= 4 is 5.78 Å². The lowest BCUT2D eigenvalue weighted by Crippen LogP contribution is -2.10. The summed E-state index contributed by atoms with van der Waals surface area (Å²) in [7, 11) is 6.23. The van der Waals surface area contributed by atoms with Gasteiger partial charge in [-0.05, 0) is 29.8 Å². The van der Waals surface area contributed by atoms with Gasteiger partial charge < -0.3 is 23.7 Å². The number of Topliss-reactive ketones (excluding diaryl/α,β-unsaturated/α-hetero) is 1. The van der Waals surface area contributed by atoms with Crippen LogP contribution in [-0.2, 0) is 4.74 Å². The summed E-state index contributed by atoms with van der Waals surface area (Å²) in [4.78, 5) is 12.7. The van der Waals surface area contributed by atoms with E-state index in [1.54, 1.807) is 45.6 Å². The first-order valence-corrected chi connectivity index (χ1v) is 7.76. The van der Waals surface area contributed by atoms with Gasteiger partial charge in [0.25, 0.3) is 0 Å². The van der Waals surface area contributed by atoms with Crippen LogP contribution in [-0.4, -0.2) is 40.3 Å². The minimum atomic E-state index is -0.541. The van der Waals surface area contributed by atoms with Gasteiger partial charge in [0, 0.05) is 6.07 Å². The molecule has 0 aliphatic carbocycles. The average molecular weight is 344 g/mol. The van der Waals surface area contributed by atoms with Crippen molar-refractivity contribution in [3.8, 4) is 23.0 Å². The molecule has 6 heteroatoms. The topological polar surface area (TPSA) is 66.5 Å². The Labute approximate surface area is 146 Å². The number of benzene rings is 2. The molecule has 1 fully saturated rings. The maximum Gasteiger partial charge on any atom is 0.198 e. The van der Waals surface area contributed by atoms with E-state index in [0.29, 0.717) is 28.6 Å². The summed E-state index contributed by atoms with van der Waals surface area (Å²) < 4.78 is 26.6. The van der Waals surface area contributed by atoms with Gasteiger partial charge in [-0.2, -0.15) is 0 Å². The van der Waals surface area contributed by atoms with Crippen LogP contribution in [0.4, 0.5) is 0 Å². The molecule has 6 nitrogen and oxygen atoms in total. The number of methoxy groups -OCH3 is 4. The Kier molecular flexibility index (Phi) is 4.81. The molecule has 1 aliphatic rings. The van der Waals surface area contributed by atoms with Gasteiger partial charge in [0.1, 0.15) is 17.6 Å². The van der Waals surface area contributed by atoms with E-state index in [-0.39, 0.29) is 11.9 Å². The Morgan fingerprint density at radius 3 is 2.20 bits per heavy atom. The maximum absolute atomic E-state index is 12.7. The Bertz CT molecular complexity index is 785. The second kappa shape index (κ2) is 7.03. The summed E-state index contributed by atoms with van der Waals surface area (Å²) in [6.45, 7) is 0. The van der Waals surface area contributed by atoms with E-state index < -0.39 is 6.10 Å². The Morgan fingerprint density at radius 2 is 1.56 bits per heavy atom. The molecule has 3 rings (SSSR count). The van der Waals surface area contributed by atoms with Crippen LogP contribution in [0.1, 0.15) is 22.0 Å². The number of epoxide rings is 1. The quantitative estimate of drug-likeness (QED) is 0.568. The molecule has 0 radical (unpaired) electrons. The zero-order chi connectivity index (χ0) is 18.0. The van der Waals surface area contributed by atoms with Crippen LogP contribution >= 0.6 is 0 Å². The second-order valence-corrected chi connectivity index (χ2v) is 5.52. The smallest absolute Gasteiger partial charge is 0.198 e. The monoisotopic (exact) mass is 344 g/mol. The summed E-state index contributed by atoms with van der Waals surface area (Å²) in [6, 6.07) is 10.6. The van der Waals surface area contributed by atoms with Gasteiger partial charge >= 0.3 is 0 Å². The summed E-state index contributed by atoms with van der Waals surface area (Å²) >= 11 is 0. The van der Waals surface area contributed by atoms with E-state index in [4.69, 9.17) is 23.7 Å². The zero-order valence-electron chi connectivity index (χ0n) is 14.6. The standard InChI is InChI=1S/C19H20O6/c1-21-12-6-7-13(15(10-12)23-3)17(20)19-18(25-19)11-5-8-14(22-2)16(9-11)24-4/h5-10,18-19H,1-4H3.